The first-order chi connectivity index (χ1) is 15.4. The van der Waals surface area contributed by atoms with Gasteiger partial charge in [0.15, 0.2) is 0 Å². The van der Waals surface area contributed by atoms with Crippen LogP contribution in [0.2, 0.25) is 0 Å². The van der Waals surface area contributed by atoms with Crippen molar-refractivity contribution in [2.45, 2.75) is 86.3 Å². The van der Waals surface area contributed by atoms with Crippen molar-refractivity contribution >= 4 is 0 Å². The molecule has 32 heavy (non-hydrogen) atoms. The largest absolute Gasteiger partial charge is 0.385 e. The zero-order valence-electron chi connectivity index (χ0n) is 18.6. The Morgan fingerprint density at radius 3 is 1.31 bits per heavy atom. The smallest absolute Gasteiger partial charge is 0.0917 e. The highest BCUT2D eigenvalue weighted by Gasteiger charge is 2.73. The third-order valence-electron chi connectivity index (χ3n) is 9.12. The van der Waals surface area contributed by atoms with E-state index in [0.717, 1.165) is 65.1 Å². The minimum absolute atomic E-state index is 0.0911. The molecule has 0 radical (unpaired) electrons. The van der Waals surface area contributed by atoms with Crippen LogP contribution in [0.4, 0.5) is 0 Å². The summed E-state index contributed by atoms with van der Waals surface area (Å²) in [5, 5.41) is 12.6. The molecule has 3 N–H and O–H groups in total. The summed E-state index contributed by atoms with van der Waals surface area (Å²) in [6.07, 6.45) is 9.52. The van der Waals surface area contributed by atoms with Gasteiger partial charge in [0.05, 0.1) is 81.9 Å². The van der Waals surface area contributed by atoms with Crippen LogP contribution in [0.5, 0.6) is 0 Å². The predicted molar refractivity (Wildman–Crippen MR) is 112 cm³/mol. The van der Waals surface area contributed by atoms with Gasteiger partial charge in [0.2, 0.25) is 0 Å². The Morgan fingerprint density at radius 2 is 0.906 bits per heavy atom. The van der Waals surface area contributed by atoms with E-state index in [4.69, 9.17) is 34.2 Å². The van der Waals surface area contributed by atoms with Crippen molar-refractivity contribution in [2.24, 2.45) is 16.6 Å². The molecule has 6 aliphatic heterocycles. The Kier molecular flexibility index (Phi) is 4.53. The Hall–Kier alpha value is -0.580. The first kappa shape index (κ1) is 20.8. The van der Waals surface area contributed by atoms with Gasteiger partial charge in [0, 0.05) is 22.8 Å². The van der Waals surface area contributed by atoms with Crippen molar-refractivity contribution in [2.75, 3.05) is 39.6 Å². The Labute approximate surface area is 188 Å². The summed E-state index contributed by atoms with van der Waals surface area (Å²) >= 11 is 0. The molecule has 7 rings (SSSR count). The summed E-state index contributed by atoms with van der Waals surface area (Å²) in [5.41, 5.74) is 4.83. The van der Waals surface area contributed by atoms with Crippen LogP contribution in [0, 0.1) is 10.8 Å². The van der Waals surface area contributed by atoms with Gasteiger partial charge in [0.1, 0.15) is 0 Å². The summed E-state index contributed by atoms with van der Waals surface area (Å²) < 4.78 is 34.6. The van der Waals surface area contributed by atoms with E-state index in [9.17, 15) is 5.11 Å². The highest BCUT2D eigenvalue weighted by molar-refractivity contribution is 5.35. The number of hydrogen-bond donors (Lipinski definition) is 2. The van der Waals surface area contributed by atoms with Crippen LogP contribution in [0.3, 0.4) is 0 Å². The molecule has 0 aromatic carbocycles. The van der Waals surface area contributed by atoms with Crippen LogP contribution in [-0.4, -0.2) is 92.5 Å². The molecule has 8 nitrogen and oxygen atoms in total. The Morgan fingerprint density at radius 1 is 0.562 bits per heavy atom. The zero-order chi connectivity index (χ0) is 21.6. The fourth-order valence-corrected chi connectivity index (χ4v) is 7.07. The zero-order valence-corrected chi connectivity index (χ0v) is 18.6. The second kappa shape index (κ2) is 6.98. The van der Waals surface area contributed by atoms with Crippen molar-refractivity contribution in [3.8, 4) is 0 Å². The second-order valence-corrected chi connectivity index (χ2v) is 11.4. The quantitative estimate of drug-likeness (QED) is 0.330. The van der Waals surface area contributed by atoms with Crippen molar-refractivity contribution in [1.82, 2.24) is 0 Å². The summed E-state index contributed by atoms with van der Waals surface area (Å²) in [7, 11) is 0. The van der Waals surface area contributed by atoms with Gasteiger partial charge in [-0.15, -0.1) is 0 Å². The fourth-order valence-electron chi connectivity index (χ4n) is 7.07. The minimum Gasteiger partial charge on any atom is -0.385 e. The maximum Gasteiger partial charge on any atom is 0.0917 e. The van der Waals surface area contributed by atoms with Crippen LogP contribution in [0.15, 0.2) is 12.2 Å². The third kappa shape index (κ3) is 3.58. The van der Waals surface area contributed by atoms with Gasteiger partial charge < -0.3 is 39.3 Å². The van der Waals surface area contributed by atoms with Gasteiger partial charge in [-0.1, -0.05) is 12.2 Å². The van der Waals surface area contributed by atoms with Crippen molar-refractivity contribution in [3.05, 3.63) is 12.2 Å². The highest BCUT2D eigenvalue weighted by Crippen LogP contribution is 2.69. The molecule has 1 aliphatic carbocycles. The first-order valence-corrected chi connectivity index (χ1v) is 12.3. The lowest BCUT2D eigenvalue weighted by molar-refractivity contribution is -0.192. The van der Waals surface area contributed by atoms with E-state index in [1.54, 1.807) is 0 Å². The lowest BCUT2D eigenvalue weighted by Crippen LogP contribution is -2.73. The van der Waals surface area contributed by atoms with Crippen LogP contribution >= 0.6 is 0 Å². The van der Waals surface area contributed by atoms with Gasteiger partial charge in [-0.25, -0.2) is 0 Å². The van der Waals surface area contributed by atoms with Crippen molar-refractivity contribution in [1.29, 1.82) is 0 Å². The lowest BCUT2D eigenvalue weighted by atomic mass is 9.39. The maximum absolute atomic E-state index is 12.6. The van der Waals surface area contributed by atoms with Gasteiger partial charge >= 0.3 is 0 Å². The van der Waals surface area contributed by atoms with Crippen molar-refractivity contribution < 1.29 is 33.5 Å². The van der Waals surface area contributed by atoms with E-state index in [1.165, 1.54) is 0 Å². The standard InChI is InChI=1S/C24H35NO7/c25-23(7-19-13-31-19)1-2-24(26,8-20-14-32-20)22(5-17-11-29-17,6-18-12-30-18)21(23,3-15-9-27-15)4-16-10-28-16/h1-2,15-20,26H,3-14,25H2. The highest BCUT2D eigenvalue weighted by atomic mass is 16.6. The maximum atomic E-state index is 12.6. The Bertz CT molecular complexity index is 689. The number of ether oxygens (including phenoxy) is 6. The van der Waals surface area contributed by atoms with Crippen LogP contribution in [0.25, 0.3) is 0 Å². The summed E-state index contributed by atoms with van der Waals surface area (Å²) in [6, 6.07) is 0. The topological polar surface area (TPSA) is 121 Å². The first-order valence-electron chi connectivity index (χ1n) is 12.3. The molecule has 7 aliphatic rings. The minimum atomic E-state index is -1.05. The van der Waals surface area contributed by atoms with E-state index in [2.05, 4.69) is 6.08 Å². The fraction of sp³-hybridized carbons (Fsp3) is 0.917. The number of aliphatic hydroxyl groups is 1. The van der Waals surface area contributed by atoms with E-state index < -0.39 is 22.0 Å². The monoisotopic (exact) mass is 449 g/mol. The molecule has 178 valence electrons. The molecule has 0 amide bonds. The van der Waals surface area contributed by atoms with Gasteiger partial charge in [-0.2, -0.15) is 0 Å². The molecule has 6 fully saturated rings. The molecular formula is C24H35NO7. The van der Waals surface area contributed by atoms with Crippen LogP contribution in [0.1, 0.15) is 38.5 Å². The lowest BCUT2D eigenvalue weighted by Gasteiger charge is -2.66. The van der Waals surface area contributed by atoms with E-state index in [-0.39, 0.29) is 36.6 Å². The van der Waals surface area contributed by atoms with Gasteiger partial charge in [-0.3, -0.25) is 0 Å². The summed E-state index contributed by atoms with van der Waals surface area (Å²) in [6.45, 7) is 4.46. The molecule has 6 saturated heterocycles. The average Bonchev–Trinajstić information content (AvgIpc) is 3.53. The van der Waals surface area contributed by atoms with E-state index in [1.807, 2.05) is 6.08 Å². The number of rotatable bonds is 12. The van der Waals surface area contributed by atoms with Crippen LogP contribution in [-0.2, 0) is 28.4 Å². The van der Waals surface area contributed by atoms with Gasteiger partial charge in [0.25, 0.3) is 0 Å². The normalized spacial score (nSPS) is 56.7. The van der Waals surface area contributed by atoms with Gasteiger partial charge in [-0.05, 0) is 32.1 Å². The summed E-state index contributed by atoms with van der Waals surface area (Å²) in [4.78, 5) is 0. The number of hydrogen-bond acceptors (Lipinski definition) is 8. The molecule has 6 heterocycles. The third-order valence-corrected chi connectivity index (χ3v) is 9.12. The molecule has 0 aromatic rings. The van der Waals surface area contributed by atoms with Crippen LogP contribution < -0.4 is 5.73 Å². The van der Waals surface area contributed by atoms with E-state index in [0.29, 0.717) is 13.0 Å². The molecule has 0 aromatic heterocycles. The molecule has 8 atom stereocenters. The Balaban J connectivity index is 1.40. The average molecular weight is 450 g/mol. The van der Waals surface area contributed by atoms with E-state index >= 15 is 0 Å². The number of epoxide rings is 6. The molecule has 0 saturated carbocycles. The summed E-state index contributed by atoms with van der Waals surface area (Å²) in [5.74, 6) is 0. The van der Waals surface area contributed by atoms with Crippen molar-refractivity contribution in [3.63, 3.8) is 0 Å². The molecule has 8 unspecified atom stereocenters. The second-order valence-electron chi connectivity index (χ2n) is 11.4. The number of nitrogens with two attached hydrogens (primary N) is 1. The SMILES string of the molecule is NC1(CC2CO2)C=CC(O)(CC2CO2)C(CC2CO2)(CC2CO2)C1(CC1CO1)CC1CO1. The predicted octanol–water partition coefficient (Wildman–Crippen LogP) is 0.691. The molecule has 0 bridgehead atoms. The molecular weight excluding hydrogens is 414 g/mol. The molecule has 0 spiro atoms. The molecule has 8 heteroatoms.